The third-order valence-electron chi connectivity index (χ3n) is 8.61. The van der Waals surface area contributed by atoms with Gasteiger partial charge in [0.25, 0.3) is 5.91 Å². The Balaban J connectivity index is 0.000000425. The number of aromatic nitrogens is 6. The molecule has 56 heavy (non-hydrogen) atoms. The van der Waals surface area contributed by atoms with E-state index in [1.54, 1.807) is 6.20 Å². The van der Waals surface area contributed by atoms with E-state index < -0.39 is 47.6 Å². The lowest BCUT2D eigenvalue weighted by molar-refractivity contribution is -0.193. The highest BCUT2D eigenvalue weighted by Crippen LogP contribution is 2.39. The largest absolute Gasteiger partial charge is 0.490 e. The summed E-state index contributed by atoms with van der Waals surface area (Å²) < 4.78 is 111. The second-order valence-electron chi connectivity index (χ2n) is 12.4. The maximum absolute atomic E-state index is 13.4. The molecule has 0 atom stereocenters. The van der Waals surface area contributed by atoms with Crippen molar-refractivity contribution in [2.45, 2.75) is 68.3 Å². The molecule has 4 aromatic rings. The van der Waals surface area contributed by atoms with Gasteiger partial charge in [-0.1, -0.05) is 0 Å². The number of halogens is 9. The molecule has 302 valence electrons. The highest BCUT2D eigenvalue weighted by Gasteiger charge is 2.48. The predicted molar refractivity (Wildman–Crippen MR) is 172 cm³/mol. The van der Waals surface area contributed by atoms with Crippen LogP contribution in [0.15, 0.2) is 43.1 Å². The molecule has 4 N–H and O–H groups in total. The summed E-state index contributed by atoms with van der Waals surface area (Å²) in [4.78, 5) is 47.5. The number of pyridine rings is 1. The van der Waals surface area contributed by atoms with E-state index in [9.17, 15) is 49.6 Å². The first-order valence-corrected chi connectivity index (χ1v) is 16.1. The summed E-state index contributed by atoms with van der Waals surface area (Å²) in [6, 6.07) is 6.45. The number of hydrogen-bond donors (Lipinski definition) is 4. The minimum absolute atomic E-state index is 0.156. The number of nitriles is 1. The van der Waals surface area contributed by atoms with Crippen molar-refractivity contribution in [3.8, 4) is 23.2 Å². The van der Waals surface area contributed by atoms with Gasteiger partial charge in [0, 0.05) is 61.2 Å². The van der Waals surface area contributed by atoms with Gasteiger partial charge in [-0.05, 0) is 37.8 Å². The molecule has 1 amide bonds. The Morgan fingerprint density at radius 3 is 2.14 bits per heavy atom. The van der Waals surface area contributed by atoms with Crippen molar-refractivity contribution < 1.29 is 68.8 Å². The normalized spacial score (nSPS) is 18.2. The SMILES string of the molecule is CNC(=O)c1cc(O[C@H]2CC[C@@H](N3CC(CC#N)(n4cc(-c5ncnc6[nH]ccc56)cn4)C3)CC2)nc(C(F)(F)F)c1.O=C(O)C(F)(F)F.O=C(O)C(F)(F)F. The third-order valence-corrected chi connectivity index (χ3v) is 8.61. The van der Waals surface area contributed by atoms with Crippen LogP contribution in [0.5, 0.6) is 5.88 Å². The lowest BCUT2D eigenvalue weighted by Crippen LogP contribution is -2.65. The average molecular weight is 808 g/mol. The smallest absolute Gasteiger partial charge is 0.475 e. The zero-order chi connectivity index (χ0) is 41.6. The van der Waals surface area contributed by atoms with Crippen molar-refractivity contribution in [1.29, 1.82) is 5.26 Å². The minimum Gasteiger partial charge on any atom is -0.475 e. The number of ether oxygens (including phenoxy) is 1. The van der Waals surface area contributed by atoms with Crippen LogP contribution in [0.4, 0.5) is 39.5 Å². The molecule has 2 fully saturated rings. The van der Waals surface area contributed by atoms with Gasteiger partial charge < -0.3 is 25.3 Å². The number of carbonyl (C=O) groups is 3. The number of aliphatic carboxylic acids is 2. The number of nitrogens with one attached hydrogen (secondary N) is 2. The zero-order valence-corrected chi connectivity index (χ0v) is 28.7. The first kappa shape index (κ1) is 42.7. The lowest BCUT2D eigenvalue weighted by atomic mass is 9.82. The standard InChI is InChI=1S/C28H28F3N9O2.2C2HF3O2/c1-33-26(41)17-10-22(28(29,30)31)38-23(11-17)42-20-4-2-19(3-5-20)39-14-27(15-39,7-8-32)40-13-18(12-37-40)24-21-6-9-34-25(21)36-16-35-24;2*3-2(4,5)1(6)7/h6,9-13,16,19-20H,2-5,7,14-15H2,1H3,(H,33,41)(H,34,35,36);2*(H,6,7)/t19-,20+;;. The van der Waals surface area contributed by atoms with Crippen LogP contribution in [0, 0.1) is 11.3 Å². The van der Waals surface area contributed by atoms with E-state index in [2.05, 4.69) is 41.3 Å². The van der Waals surface area contributed by atoms with Crippen LogP contribution < -0.4 is 10.1 Å². The van der Waals surface area contributed by atoms with Gasteiger partial charge in [-0.25, -0.2) is 24.5 Å². The lowest BCUT2D eigenvalue weighted by Gasteiger charge is -2.53. The zero-order valence-electron chi connectivity index (χ0n) is 28.7. The number of fused-ring (bicyclic) bond motifs is 1. The van der Waals surface area contributed by atoms with Crippen LogP contribution in [0.3, 0.4) is 0 Å². The summed E-state index contributed by atoms with van der Waals surface area (Å²) in [6.07, 6.45) is -5.04. The minimum atomic E-state index is -5.08. The Hall–Kier alpha value is -5.99. The van der Waals surface area contributed by atoms with Crippen molar-refractivity contribution in [3.63, 3.8) is 0 Å². The molecule has 1 aliphatic heterocycles. The molecule has 15 nitrogen and oxygen atoms in total. The number of carboxylic acids is 2. The average Bonchev–Trinajstić information content (AvgIpc) is 3.80. The fourth-order valence-corrected chi connectivity index (χ4v) is 5.95. The maximum Gasteiger partial charge on any atom is 0.490 e. The molecule has 1 saturated heterocycles. The summed E-state index contributed by atoms with van der Waals surface area (Å²) in [6.45, 7) is 1.32. The van der Waals surface area contributed by atoms with E-state index in [1.165, 1.54) is 19.4 Å². The van der Waals surface area contributed by atoms with E-state index in [-0.39, 0.29) is 23.6 Å². The van der Waals surface area contributed by atoms with E-state index in [0.29, 0.717) is 32.4 Å². The van der Waals surface area contributed by atoms with Crippen LogP contribution in [-0.4, -0.2) is 107 Å². The highest BCUT2D eigenvalue weighted by molar-refractivity contribution is 5.94. The van der Waals surface area contributed by atoms with Crippen LogP contribution >= 0.6 is 0 Å². The molecular weight excluding hydrogens is 777 g/mol. The number of carboxylic acid groups (broad SMARTS) is 2. The summed E-state index contributed by atoms with van der Waals surface area (Å²) in [5, 5.41) is 31.7. The molecular formula is C32H30F9N9O6. The number of carbonyl (C=O) groups excluding carboxylic acids is 1. The fourth-order valence-electron chi connectivity index (χ4n) is 5.95. The predicted octanol–water partition coefficient (Wildman–Crippen LogP) is 5.18. The van der Waals surface area contributed by atoms with Gasteiger partial charge in [-0.3, -0.25) is 14.4 Å². The van der Waals surface area contributed by atoms with E-state index >= 15 is 0 Å². The van der Waals surface area contributed by atoms with Crippen molar-refractivity contribution in [2.75, 3.05) is 20.1 Å². The first-order chi connectivity index (χ1) is 26.1. The second-order valence-corrected chi connectivity index (χ2v) is 12.4. The summed E-state index contributed by atoms with van der Waals surface area (Å²) >= 11 is 0. The molecule has 24 heteroatoms. The van der Waals surface area contributed by atoms with Gasteiger partial charge in [0.05, 0.1) is 24.4 Å². The van der Waals surface area contributed by atoms with Crippen LogP contribution in [-0.2, 0) is 21.3 Å². The fraction of sp³-hybridized carbons (Fsp3) is 0.438. The third kappa shape index (κ3) is 10.4. The molecule has 0 spiro atoms. The topological polar surface area (TPSA) is 212 Å². The molecule has 5 heterocycles. The van der Waals surface area contributed by atoms with E-state index in [4.69, 9.17) is 24.5 Å². The summed E-state index contributed by atoms with van der Waals surface area (Å²) in [5.74, 6) is -6.37. The molecule has 0 bridgehead atoms. The Bertz CT molecular complexity index is 2040. The van der Waals surface area contributed by atoms with E-state index in [1.807, 2.05) is 23.1 Å². The monoisotopic (exact) mass is 807 g/mol. The number of nitrogens with zero attached hydrogens (tertiary/aromatic N) is 7. The Morgan fingerprint density at radius 1 is 1.00 bits per heavy atom. The Labute approximate surface area is 309 Å². The van der Waals surface area contributed by atoms with Crippen LogP contribution in [0.25, 0.3) is 22.3 Å². The molecule has 6 rings (SSSR count). The number of hydrogen-bond acceptors (Lipinski definition) is 10. The molecule has 0 unspecified atom stereocenters. The Kier molecular flexibility index (Phi) is 12.8. The van der Waals surface area contributed by atoms with Gasteiger partial charge in [-0.2, -0.15) is 49.9 Å². The van der Waals surface area contributed by atoms with Gasteiger partial charge in [0.15, 0.2) is 0 Å². The van der Waals surface area contributed by atoms with Gasteiger partial charge in [-0.15, -0.1) is 0 Å². The maximum atomic E-state index is 13.4. The number of likely N-dealkylation sites (tertiary alicyclic amines) is 1. The van der Waals surface area contributed by atoms with Crippen LogP contribution in [0.1, 0.15) is 48.2 Å². The van der Waals surface area contributed by atoms with Crippen molar-refractivity contribution >= 4 is 28.9 Å². The van der Waals surface area contributed by atoms with E-state index in [0.717, 1.165) is 41.2 Å². The van der Waals surface area contributed by atoms with Crippen LogP contribution in [0.2, 0.25) is 0 Å². The van der Waals surface area contributed by atoms with Crippen molar-refractivity contribution in [3.05, 3.63) is 54.4 Å². The number of amides is 1. The molecule has 4 aromatic heterocycles. The molecule has 1 aliphatic carbocycles. The second kappa shape index (κ2) is 16.8. The molecule has 0 aromatic carbocycles. The molecule has 1 saturated carbocycles. The first-order valence-electron chi connectivity index (χ1n) is 16.1. The Morgan fingerprint density at radius 2 is 1.61 bits per heavy atom. The number of H-pyrrole nitrogens is 1. The highest BCUT2D eigenvalue weighted by atomic mass is 19.4. The van der Waals surface area contributed by atoms with Gasteiger partial charge >= 0.3 is 30.5 Å². The number of aromatic amines is 1. The molecule has 2 aliphatic rings. The number of alkyl halides is 9. The van der Waals surface area contributed by atoms with Crippen molar-refractivity contribution in [1.82, 2.24) is 39.9 Å². The van der Waals surface area contributed by atoms with Crippen molar-refractivity contribution in [2.24, 2.45) is 0 Å². The molecule has 0 radical (unpaired) electrons. The summed E-state index contributed by atoms with van der Waals surface area (Å²) in [5.41, 5.74) is 0.579. The summed E-state index contributed by atoms with van der Waals surface area (Å²) in [7, 11) is 1.35. The van der Waals surface area contributed by atoms with Gasteiger partial charge in [0.2, 0.25) is 5.88 Å². The number of rotatable bonds is 7. The van der Waals surface area contributed by atoms with Gasteiger partial charge in [0.1, 0.15) is 29.3 Å². The quantitative estimate of drug-likeness (QED) is 0.178.